The average Bonchev–Trinajstić information content (AvgIpc) is 2.67. The van der Waals surface area contributed by atoms with Crippen molar-refractivity contribution in [3.05, 3.63) is 42.0 Å². The second kappa shape index (κ2) is 5.01. The molecule has 1 aliphatic carbocycles. The summed E-state index contributed by atoms with van der Waals surface area (Å²) in [7, 11) is 0. The topological polar surface area (TPSA) is 21.3 Å². The summed E-state index contributed by atoms with van der Waals surface area (Å²) in [6.45, 7) is 5.42. The zero-order chi connectivity index (χ0) is 13.3. The van der Waals surface area contributed by atoms with Crippen LogP contribution in [0.1, 0.15) is 44.7 Å². The Morgan fingerprint density at radius 1 is 1.26 bits per heavy atom. The average molecular weight is 257 g/mol. The van der Waals surface area contributed by atoms with Crippen LogP contribution in [0.3, 0.4) is 0 Å². The van der Waals surface area contributed by atoms with Crippen molar-refractivity contribution in [2.45, 2.75) is 44.8 Å². The summed E-state index contributed by atoms with van der Waals surface area (Å²) in [4.78, 5) is 0. The maximum absolute atomic E-state index is 6.07. The van der Waals surface area contributed by atoms with E-state index in [1.165, 1.54) is 24.8 Å². The first kappa shape index (κ1) is 12.7. The lowest BCUT2D eigenvalue weighted by molar-refractivity contribution is 0.0942. The molecule has 0 aromatic heterocycles. The number of benzene rings is 1. The van der Waals surface area contributed by atoms with Gasteiger partial charge >= 0.3 is 0 Å². The van der Waals surface area contributed by atoms with Gasteiger partial charge in [-0.05, 0) is 51.6 Å². The molecule has 19 heavy (non-hydrogen) atoms. The molecule has 0 fully saturated rings. The van der Waals surface area contributed by atoms with E-state index < -0.39 is 0 Å². The molecule has 0 amide bonds. The zero-order valence-electron chi connectivity index (χ0n) is 11.9. The molecule has 1 aromatic rings. The number of hydrogen-bond donors (Lipinski definition) is 1. The van der Waals surface area contributed by atoms with Crippen molar-refractivity contribution in [2.75, 3.05) is 6.54 Å². The molecule has 2 heteroatoms. The first-order valence-corrected chi connectivity index (χ1v) is 7.33. The van der Waals surface area contributed by atoms with Crippen molar-refractivity contribution < 1.29 is 4.74 Å². The van der Waals surface area contributed by atoms with Crippen molar-refractivity contribution in [2.24, 2.45) is 5.92 Å². The maximum atomic E-state index is 6.07. The van der Waals surface area contributed by atoms with Crippen LogP contribution in [0.15, 0.2) is 36.4 Å². The molecule has 0 radical (unpaired) electrons. The van der Waals surface area contributed by atoms with Crippen LogP contribution in [-0.4, -0.2) is 12.1 Å². The number of para-hydroxylation sites is 1. The van der Waals surface area contributed by atoms with Gasteiger partial charge in [0.05, 0.1) is 6.04 Å². The lowest BCUT2D eigenvalue weighted by atomic mass is 9.91. The van der Waals surface area contributed by atoms with Gasteiger partial charge < -0.3 is 10.1 Å². The fraction of sp³-hybridized carbons (Fsp3) is 0.529. The quantitative estimate of drug-likeness (QED) is 0.831. The van der Waals surface area contributed by atoms with Gasteiger partial charge in [0.1, 0.15) is 11.4 Å². The van der Waals surface area contributed by atoms with Gasteiger partial charge in [-0.25, -0.2) is 0 Å². The molecule has 1 heterocycles. The van der Waals surface area contributed by atoms with E-state index in [2.05, 4.69) is 49.5 Å². The molecule has 2 aliphatic rings. The number of ether oxygens (including phenoxy) is 1. The van der Waals surface area contributed by atoms with Crippen molar-refractivity contribution in [1.29, 1.82) is 0 Å². The van der Waals surface area contributed by atoms with Gasteiger partial charge in [0.15, 0.2) is 0 Å². The highest BCUT2D eigenvalue weighted by atomic mass is 16.5. The van der Waals surface area contributed by atoms with E-state index in [-0.39, 0.29) is 5.60 Å². The van der Waals surface area contributed by atoms with E-state index in [4.69, 9.17) is 4.74 Å². The summed E-state index contributed by atoms with van der Waals surface area (Å²) in [5.74, 6) is 1.81. The van der Waals surface area contributed by atoms with Gasteiger partial charge in [-0.3, -0.25) is 0 Å². The van der Waals surface area contributed by atoms with Gasteiger partial charge in [-0.15, -0.1) is 0 Å². The summed E-state index contributed by atoms with van der Waals surface area (Å²) in [6.07, 6.45) is 8.36. The summed E-state index contributed by atoms with van der Waals surface area (Å²) in [5, 5.41) is 3.74. The van der Waals surface area contributed by atoms with Crippen LogP contribution in [0.4, 0.5) is 0 Å². The Morgan fingerprint density at radius 3 is 2.89 bits per heavy atom. The van der Waals surface area contributed by atoms with Gasteiger partial charge in [0, 0.05) is 5.56 Å². The highest BCUT2D eigenvalue weighted by Crippen LogP contribution is 2.42. The highest BCUT2D eigenvalue weighted by Gasteiger charge is 2.40. The van der Waals surface area contributed by atoms with E-state index in [1.807, 2.05) is 6.07 Å². The molecule has 2 atom stereocenters. The SMILES string of the molecule is CC1(C)Oc2ccccc2C1NCC1CC=CCC1. The molecular formula is C17H23NO. The molecule has 1 aliphatic heterocycles. The summed E-state index contributed by atoms with van der Waals surface area (Å²) >= 11 is 0. The van der Waals surface area contributed by atoms with Gasteiger partial charge in [0.25, 0.3) is 0 Å². The molecule has 1 N–H and O–H groups in total. The summed E-state index contributed by atoms with van der Waals surface area (Å²) in [5.41, 5.74) is 1.15. The predicted octanol–water partition coefficient (Wildman–Crippen LogP) is 3.84. The minimum Gasteiger partial charge on any atom is -0.486 e. The first-order chi connectivity index (χ1) is 9.17. The van der Waals surface area contributed by atoms with E-state index in [1.54, 1.807) is 0 Å². The van der Waals surface area contributed by atoms with Gasteiger partial charge in [-0.1, -0.05) is 30.4 Å². The van der Waals surface area contributed by atoms with Gasteiger partial charge in [0.2, 0.25) is 0 Å². The van der Waals surface area contributed by atoms with Crippen molar-refractivity contribution in [3.8, 4) is 5.75 Å². The minimum atomic E-state index is -0.159. The predicted molar refractivity (Wildman–Crippen MR) is 78.4 cm³/mol. The number of allylic oxidation sites excluding steroid dienone is 2. The standard InChI is InChI=1S/C17H23NO/c1-17(2)16(14-10-6-7-11-15(14)19-17)18-12-13-8-4-3-5-9-13/h3-4,6-7,10-11,13,16,18H,5,8-9,12H2,1-2H3. The number of rotatable bonds is 3. The zero-order valence-corrected chi connectivity index (χ0v) is 11.9. The Morgan fingerprint density at radius 2 is 2.11 bits per heavy atom. The van der Waals surface area contributed by atoms with Crippen molar-refractivity contribution in [1.82, 2.24) is 5.32 Å². The van der Waals surface area contributed by atoms with Gasteiger partial charge in [-0.2, -0.15) is 0 Å². The number of fused-ring (bicyclic) bond motifs is 1. The second-order valence-corrected chi connectivity index (χ2v) is 6.24. The van der Waals surface area contributed by atoms with Crippen LogP contribution in [0.2, 0.25) is 0 Å². The lowest BCUT2D eigenvalue weighted by Gasteiger charge is -2.29. The Kier molecular flexibility index (Phi) is 3.36. The molecule has 0 bridgehead atoms. The second-order valence-electron chi connectivity index (χ2n) is 6.24. The normalized spacial score (nSPS) is 27.9. The molecule has 3 rings (SSSR count). The Bertz CT molecular complexity index is 478. The first-order valence-electron chi connectivity index (χ1n) is 7.33. The molecule has 1 aromatic carbocycles. The van der Waals surface area contributed by atoms with E-state index >= 15 is 0 Å². The van der Waals surface area contributed by atoms with Crippen molar-refractivity contribution in [3.63, 3.8) is 0 Å². The monoisotopic (exact) mass is 257 g/mol. The Balaban J connectivity index is 1.70. The maximum Gasteiger partial charge on any atom is 0.125 e. The Labute approximate surface area is 115 Å². The minimum absolute atomic E-state index is 0.159. The Hall–Kier alpha value is -1.28. The van der Waals surface area contributed by atoms with Crippen LogP contribution in [0, 0.1) is 5.92 Å². The van der Waals surface area contributed by atoms with Crippen LogP contribution in [0.5, 0.6) is 5.75 Å². The smallest absolute Gasteiger partial charge is 0.125 e. The van der Waals surface area contributed by atoms with Crippen LogP contribution < -0.4 is 10.1 Å². The third-order valence-corrected chi connectivity index (χ3v) is 4.29. The fourth-order valence-electron chi connectivity index (χ4n) is 3.21. The number of nitrogens with one attached hydrogen (secondary N) is 1. The molecule has 2 unspecified atom stereocenters. The lowest BCUT2D eigenvalue weighted by Crippen LogP contribution is -2.41. The molecule has 0 saturated carbocycles. The third kappa shape index (κ3) is 2.55. The van der Waals surface area contributed by atoms with E-state index in [0.29, 0.717) is 6.04 Å². The molecule has 102 valence electrons. The molecule has 0 spiro atoms. The molecular weight excluding hydrogens is 234 g/mol. The van der Waals surface area contributed by atoms with Crippen LogP contribution in [0.25, 0.3) is 0 Å². The summed E-state index contributed by atoms with van der Waals surface area (Å²) < 4.78 is 6.07. The van der Waals surface area contributed by atoms with E-state index in [0.717, 1.165) is 18.2 Å². The van der Waals surface area contributed by atoms with E-state index in [9.17, 15) is 0 Å². The number of hydrogen-bond acceptors (Lipinski definition) is 2. The fourth-order valence-corrected chi connectivity index (χ4v) is 3.21. The summed E-state index contributed by atoms with van der Waals surface area (Å²) in [6, 6.07) is 8.70. The van der Waals surface area contributed by atoms with Crippen molar-refractivity contribution >= 4 is 0 Å². The highest BCUT2D eigenvalue weighted by molar-refractivity contribution is 5.42. The molecule has 2 nitrogen and oxygen atoms in total. The molecule has 0 saturated heterocycles. The van der Waals surface area contributed by atoms with Crippen LogP contribution in [-0.2, 0) is 0 Å². The third-order valence-electron chi connectivity index (χ3n) is 4.29. The largest absolute Gasteiger partial charge is 0.486 e. The van der Waals surface area contributed by atoms with Crippen LogP contribution >= 0.6 is 0 Å².